The fourth-order valence-electron chi connectivity index (χ4n) is 2.67. The summed E-state index contributed by atoms with van der Waals surface area (Å²) in [5.74, 6) is 2.33. The molecule has 1 aliphatic heterocycles. The average molecular weight is 277 g/mol. The van der Waals surface area contributed by atoms with Gasteiger partial charge in [0.05, 0.1) is 5.69 Å². The van der Waals surface area contributed by atoms with Crippen molar-refractivity contribution in [3.63, 3.8) is 0 Å². The fraction of sp³-hybridized carbons (Fsp3) is 0.688. The van der Waals surface area contributed by atoms with E-state index in [9.17, 15) is 0 Å². The van der Waals surface area contributed by atoms with Crippen molar-refractivity contribution in [2.75, 3.05) is 23.7 Å². The fourth-order valence-corrected chi connectivity index (χ4v) is 2.67. The Bertz CT molecular complexity index is 454. The van der Waals surface area contributed by atoms with Crippen molar-refractivity contribution >= 4 is 11.5 Å². The molecule has 0 aliphatic carbocycles. The van der Waals surface area contributed by atoms with Crippen LogP contribution < -0.4 is 15.4 Å². The van der Waals surface area contributed by atoms with Crippen LogP contribution in [-0.2, 0) is 0 Å². The second-order valence-corrected chi connectivity index (χ2v) is 6.67. The van der Waals surface area contributed by atoms with E-state index in [-0.39, 0.29) is 5.60 Å². The van der Waals surface area contributed by atoms with Gasteiger partial charge in [0.2, 0.25) is 5.88 Å². The van der Waals surface area contributed by atoms with Crippen molar-refractivity contribution in [3.8, 4) is 5.88 Å². The van der Waals surface area contributed by atoms with Crippen molar-refractivity contribution in [1.29, 1.82) is 0 Å². The largest absolute Gasteiger partial charge is 0.470 e. The molecule has 1 aromatic rings. The standard InChI is InChI=1S/C16H27N3O/c1-5-6-12-9-10-19(11-12)14-8-7-13(17)15(18-14)20-16(2,3)4/h7-8,12H,5-6,9-11,17H2,1-4H3. The van der Waals surface area contributed by atoms with Crippen LogP contribution >= 0.6 is 0 Å². The number of pyridine rings is 1. The van der Waals surface area contributed by atoms with Crippen LogP contribution in [0.3, 0.4) is 0 Å². The molecule has 0 bridgehead atoms. The molecule has 0 amide bonds. The first-order valence-electron chi connectivity index (χ1n) is 7.59. The van der Waals surface area contributed by atoms with Crippen LogP contribution in [-0.4, -0.2) is 23.7 Å². The van der Waals surface area contributed by atoms with Gasteiger partial charge in [-0.05, 0) is 51.7 Å². The number of anilines is 2. The molecular weight excluding hydrogens is 250 g/mol. The van der Waals surface area contributed by atoms with Crippen LogP contribution in [0.5, 0.6) is 5.88 Å². The van der Waals surface area contributed by atoms with Crippen molar-refractivity contribution in [2.24, 2.45) is 5.92 Å². The third kappa shape index (κ3) is 3.78. The van der Waals surface area contributed by atoms with Gasteiger partial charge in [0.25, 0.3) is 0 Å². The van der Waals surface area contributed by atoms with E-state index in [4.69, 9.17) is 10.5 Å². The molecule has 0 radical (unpaired) electrons. The lowest BCUT2D eigenvalue weighted by Gasteiger charge is -2.23. The molecular formula is C16H27N3O. The zero-order valence-electron chi connectivity index (χ0n) is 13.1. The number of nitrogen functional groups attached to an aromatic ring is 1. The molecule has 1 fully saturated rings. The third-order valence-electron chi connectivity index (χ3n) is 3.58. The summed E-state index contributed by atoms with van der Waals surface area (Å²) in [4.78, 5) is 6.96. The van der Waals surface area contributed by atoms with Crippen LogP contribution in [0.2, 0.25) is 0 Å². The highest BCUT2D eigenvalue weighted by atomic mass is 16.5. The van der Waals surface area contributed by atoms with Crippen LogP contribution in [0.1, 0.15) is 47.0 Å². The molecule has 2 N–H and O–H groups in total. The number of rotatable bonds is 4. The zero-order valence-corrected chi connectivity index (χ0v) is 13.1. The van der Waals surface area contributed by atoms with Gasteiger partial charge in [-0.1, -0.05) is 13.3 Å². The van der Waals surface area contributed by atoms with E-state index in [1.807, 2.05) is 32.9 Å². The molecule has 2 rings (SSSR count). The van der Waals surface area contributed by atoms with Gasteiger partial charge < -0.3 is 15.4 Å². The summed E-state index contributed by atoms with van der Waals surface area (Å²) in [5.41, 5.74) is 6.29. The lowest BCUT2D eigenvalue weighted by atomic mass is 10.0. The number of ether oxygens (including phenoxy) is 1. The Labute approximate surface area is 122 Å². The Kier molecular flexibility index (Phi) is 4.41. The molecule has 112 valence electrons. The number of hydrogen-bond donors (Lipinski definition) is 1. The third-order valence-corrected chi connectivity index (χ3v) is 3.58. The smallest absolute Gasteiger partial charge is 0.239 e. The second kappa shape index (κ2) is 5.90. The minimum absolute atomic E-state index is 0.282. The molecule has 1 aliphatic rings. The predicted octanol–water partition coefficient (Wildman–Crippen LogP) is 3.47. The van der Waals surface area contributed by atoms with Gasteiger partial charge in [0.15, 0.2) is 0 Å². The Morgan fingerprint density at radius 1 is 1.40 bits per heavy atom. The van der Waals surface area contributed by atoms with E-state index in [1.54, 1.807) is 0 Å². The van der Waals surface area contributed by atoms with Crippen molar-refractivity contribution < 1.29 is 4.74 Å². The topological polar surface area (TPSA) is 51.4 Å². The maximum atomic E-state index is 5.96. The Hall–Kier alpha value is -1.45. The maximum Gasteiger partial charge on any atom is 0.239 e. The highest BCUT2D eigenvalue weighted by Crippen LogP contribution is 2.30. The molecule has 4 nitrogen and oxygen atoms in total. The molecule has 0 spiro atoms. The molecule has 1 aromatic heterocycles. The Balaban J connectivity index is 2.12. The number of nitrogens with two attached hydrogens (primary N) is 1. The van der Waals surface area contributed by atoms with E-state index >= 15 is 0 Å². The normalized spacial score (nSPS) is 19.4. The maximum absolute atomic E-state index is 5.96. The highest BCUT2D eigenvalue weighted by Gasteiger charge is 2.24. The zero-order chi connectivity index (χ0) is 14.8. The van der Waals surface area contributed by atoms with Crippen molar-refractivity contribution in [3.05, 3.63) is 12.1 Å². The van der Waals surface area contributed by atoms with Crippen LogP contribution in [0.15, 0.2) is 12.1 Å². The van der Waals surface area contributed by atoms with Crippen LogP contribution in [0.4, 0.5) is 11.5 Å². The first-order valence-corrected chi connectivity index (χ1v) is 7.59. The quantitative estimate of drug-likeness (QED) is 0.915. The molecule has 0 saturated carbocycles. The van der Waals surface area contributed by atoms with Gasteiger partial charge in [0.1, 0.15) is 11.4 Å². The van der Waals surface area contributed by atoms with Gasteiger partial charge in [-0.3, -0.25) is 0 Å². The second-order valence-electron chi connectivity index (χ2n) is 6.67. The molecule has 1 atom stereocenters. The van der Waals surface area contributed by atoms with E-state index in [0.29, 0.717) is 11.6 Å². The van der Waals surface area contributed by atoms with E-state index in [2.05, 4.69) is 16.8 Å². The van der Waals surface area contributed by atoms with Crippen LogP contribution in [0, 0.1) is 5.92 Å². The summed E-state index contributed by atoms with van der Waals surface area (Å²) in [7, 11) is 0. The molecule has 4 heteroatoms. The summed E-state index contributed by atoms with van der Waals surface area (Å²) in [6.45, 7) is 10.4. The number of aromatic nitrogens is 1. The monoisotopic (exact) mass is 277 g/mol. The van der Waals surface area contributed by atoms with Crippen molar-refractivity contribution in [1.82, 2.24) is 4.98 Å². The highest BCUT2D eigenvalue weighted by molar-refractivity contribution is 5.55. The van der Waals surface area contributed by atoms with Crippen molar-refractivity contribution in [2.45, 2.75) is 52.6 Å². The summed E-state index contributed by atoms with van der Waals surface area (Å²) in [6, 6.07) is 3.90. The van der Waals surface area contributed by atoms with Gasteiger partial charge >= 0.3 is 0 Å². The average Bonchev–Trinajstić information content (AvgIpc) is 2.79. The summed E-state index contributed by atoms with van der Waals surface area (Å²) >= 11 is 0. The van der Waals surface area contributed by atoms with E-state index in [1.165, 1.54) is 19.3 Å². The summed E-state index contributed by atoms with van der Waals surface area (Å²) in [6.07, 6.45) is 3.82. The molecule has 20 heavy (non-hydrogen) atoms. The first kappa shape index (κ1) is 14.9. The summed E-state index contributed by atoms with van der Waals surface area (Å²) < 4.78 is 5.84. The Morgan fingerprint density at radius 2 is 2.15 bits per heavy atom. The first-order chi connectivity index (χ1) is 9.39. The predicted molar refractivity (Wildman–Crippen MR) is 84.3 cm³/mol. The molecule has 0 aromatic carbocycles. The van der Waals surface area contributed by atoms with Gasteiger partial charge in [0, 0.05) is 13.1 Å². The number of nitrogens with zero attached hydrogens (tertiary/aromatic N) is 2. The summed E-state index contributed by atoms with van der Waals surface area (Å²) in [5, 5.41) is 0. The SMILES string of the molecule is CCCC1CCN(c2ccc(N)c(OC(C)(C)C)n2)C1. The Morgan fingerprint density at radius 3 is 2.80 bits per heavy atom. The van der Waals surface area contributed by atoms with E-state index in [0.717, 1.165) is 24.8 Å². The minimum Gasteiger partial charge on any atom is -0.470 e. The lowest BCUT2D eigenvalue weighted by Crippen LogP contribution is -2.25. The molecule has 2 heterocycles. The number of hydrogen-bond acceptors (Lipinski definition) is 4. The molecule has 1 unspecified atom stereocenters. The van der Waals surface area contributed by atoms with Gasteiger partial charge in [-0.25, -0.2) is 0 Å². The van der Waals surface area contributed by atoms with Gasteiger partial charge in [-0.15, -0.1) is 0 Å². The van der Waals surface area contributed by atoms with Gasteiger partial charge in [-0.2, -0.15) is 4.98 Å². The lowest BCUT2D eigenvalue weighted by molar-refractivity contribution is 0.125. The van der Waals surface area contributed by atoms with Crippen LogP contribution in [0.25, 0.3) is 0 Å². The molecule has 1 saturated heterocycles. The minimum atomic E-state index is -0.282. The van der Waals surface area contributed by atoms with E-state index < -0.39 is 0 Å².